The molecule has 0 amide bonds. The van der Waals surface area contributed by atoms with Gasteiger partial charge in [-0.1, -0.05) is 0 Å². The quantitative estimate of drug-likeness (QED) is 0.612. The zero-order valence-corrected chi connectivity index (χ0v) is 7.35. The van der Waals surface area contributed by atoms with Gasteiger partial charge < -0.3 is 0 Å². The van der Waals surface area contributed by atoms with Crippen LogP contribution in [0.3, 0.4) is 0 Å². The topological polar surface area (TPSA) is 57.9 Å². The predicted octanol–water partition coefficient (Wildman–Crippen LogP) is 0.673. The summed E-state index contributed by atoms with van der Waals surface area (Å²) >= 11 is 0. The van der Waals surface area contributed by atoms with Gasteiger partial charge in [0.05, 0.1) is 17.6 Å². The Bertz CT molecular complexity index is 293. The molecular formula is C7H10FNO2S. The minimum Gasteiger partial charge on any atom is -0.246 e. The number of hydrogen-bond acceptors (Lipinski definition) is 3. The number of halogens is 1. The van der Waals surface area contributed by atoms with Crippen LogP contribution in [0.25, 0.3) is 0 Å². The van der Waals surface area contributed by atoms with Gasteiger partial charge in [-0.2, -0.15) is 5.26 Å². The Kier molecular flexibility index (Phi) is 2.68. The molecule has 1 heterocycles. The van der Waals surface area contributed by atoms with Crippen LogP contribution in [0.4, 0.5) is 4.39 Å². The SMILES string of the molecule is N#CC[C@H]1CCS(=O)(=O)C[C@H]1F. The van der Waals surface area contributed by atoms with E-state index in [0.717, 1.165) is 0 Å². The van der Waals surface area contributed by atoms with Gasteiger partial charge in [-0.3, -0.25) is 0 Å². The molecule has 1 aliphatic heterocycles. The second-order valence-corrected chi connectivity index (χ2v) is 5.27. The average molecular weight is 191 g/mol. The Labute approximate surface area is 71.1 Å². The van der Waals surface area contributed by atoms with Crippen LogP contribution in [0, 0.1) is 17.2 Å². The smallest absolute Gasteiger partial charge is 0.153 e. The summed E-state index contributed by atoms with van der Waals surface area (Å²) in [5.74, 6) is -0.752. The van der Waals surface area contributed by atoms with Gasteiger partial charge in [-0.25, -0.2) is 12.8 Å². The summed E-state index contributed by atoms with van der Waals surface area (Å²) in [4.78, 5) is 0. The van der Waals surface area contributed by atoms with E-state index in [-0.39, 0.29) is 24.5 Å². The first-order chi connectivity index (χ1) is 5.55. The molecule has 0 aromatic carbocycles. The van der Waals surface area contributed by atoms with Gasteiger partial charge in [0.2, 0.25) is 0 Å². The third-order valence-corrected chi connectivity index (χ3v) is 3.76. The minimum atomic E-state index is -3.17. The molecular weight excluding hydrogens is 181 g/mol. The van der Waals surface area contributed by atoms with Gasteiger partial charge >= 0.3 is 0 Å². The van der Waals surface area contributed by atoms with Gasteiger partial charge in [0.1, 0.15) is 6.17 Å². The van der Waals surface area contributed by atoms with Crippen LogP contribution in [-0.2, 0) is 9.84 Å². The summed E-state index contributed by atoms with van der Waals surface area (Å²) in [5.41, 5.74) is 0. The van der Waals surface area contributed by atoms with Crippen LogP contribution in [-0.4, -0.2) is 26.1 Å². The summed E-state index contributed by atoms with van der Waals surface area (Å²) in [6.45, 7) is 0. The molecule has 3 nitrogen and oxygen atoms in total. The molecule has 0 spiro atoms. The van der Waals surface area contributed by atoms with Crippen molar-refractivity contribution in [2.75, 3.05) is 11.5 Å². The standard InChI is InChI=1S/C7H10FNO2S/c8-7-5-12(10,11)4-2-6(7)1-3-9/h6-7H,1-2,4-5H2/t6-,7+/m0/s1. The van der Waals surface area contributed by atoms with E-state index in [1.165, 1.54) is 0 Å². The Morgan fingerprint density at radius 1 is 1.58 bits per heavy atom. The molecule has 0 aromatic heterocycles. The van der Waals surface area contributed by atoms with Crippen molar-refractivity contribution in [3.63, 3.8) is 0 Å². The highest BCUT2D eigenvalue weighted by Crippen LogP contribution is 2.24. The highest BCUT2D eigenvalue weighted by atomic mass is 32.2. The fourth-order valence-corrected chi connectivity index (χ4v) is 2.91. The van der Waals surface area contributed by atoms with Gasteiger partial charge in [-0.05, 0) is 6.42 Å². The Morgan fingerprint density at radius 3 is 2.75 bits per heavy atom. The highest BCUT2D eigenvalue weighted by molar-refractivity contribution is 7.91. The number of nitriles is 1. The van der Waals surface area contributed by atoms with E-state index in [4.69, 9.17) is 5.26 Å². The number of alkyl halides is 1. The van der Waals surface area contributed by atoms with Crippen LogP contribution in [0.15, 0.2) is 0 Å². The number of hydrogen-bond donors (Lipinski definition) is 0. The summed E-state index contributed by atoms with van der Waals surface area (Å²) in [6, 6.07) is 1.86. The van der Waals surface area contributed by atoms with Gasteiger partial charge in [0, 0.05) is 12.3 Å². The van der Waals surface area contributed by atoms with Crippen LogP contribution in [0.2, 0.25) is 0 Å². The highest BCUT2D eigenvalue weighted by Gasteiger charge is 2.32. The van der Waals surface area contributed by atoms with Crippen LogP contribution >= 0.6 is 0 Å². The first-order valence-electron chi connectivity index (χ1n) is 3.76. The molecule has 5 heteroatoms. The second-order valence-electron chi connectivity index (χ2n) is 3.04. The molecule has 1 rings (SSSR count). The summed E-state index contributed by atoms with van der Waals surface area (Å²) < 4.78 is 34.8. The van der Waals surface area contributed by atoms with E-state index < -0.39 is 21.8 Å². The third-order valence-electron chi connectivity index (χ3n) is 2.08. The monoisotopic (exact) mass is 191 g/mol. The van der Waals surface area contributed by atoms with Crippen molar-refractivity contribution < 1.29 is 12.8 Å². The molecule has 0 radical (unpaired) electrons. The Morgan fingerprint density at radius 2 is 2.25 bits per heavy atom. The van der Waals surface area contributed by atoms with Crippen molar-refractivity contribution in [2.45, 2.75) is 19.0 Å². The molecule has 0 aliphatic carbocycles. The van der Waals surface area contributed by atoms with Crippen LogP contribution in [0.1, 0.15) is 12.8 Å². The van der Waals surface area contributed by atoms with Crippen LogP contribution in [0.5, 0.6) is 0 Å². The number of sulfone groups is 1. The minimum absolute atomic E-state index is 0.0275. The van der Waals surface area contributed by atoms with Gasteiger partial charge in [0.25, 0.3) is 0 Å². The molecule has 1 aliphatic rings. The average Bonchev–Trinajstić information content (AvgIpc) is 1.94. The molecule has 1 fully saturated rings. The fourth-order valence-electron chi connectivity index (χ4n) is 1.32. The summed E-state index contributed by atoms with van der Waals surface area (Å²) in [7, 11) is -3.17. The molecule has 0 aromatic rings. The van der Waals surface area contributed by atoms with Crippen molar-refractivity contribution in [1.29, 1.82) is 5.26 Å². The lowest BCUT2D eigenvalue weighted by atomic mass is 9.98. The van der Waals surface area contributed by atoms with Crippen molar-refractivity contribution >= 4 is 9.84 Å². The Balaban J connectivity index is 2.61. The zero-order chi connectivity index (χ0) is 9.19. The van der Waals surface area contributed by atoms with Crippen LogP contribution < -0.4 is 0 Å². The van der Waals surface area contributed by atoms with E-state index in [9.17, 15) is 12.8 Å². The van der Waals surface area contributed by atoms with Crippen molar-refractivity contribution in [3.8, 4) is 6.07 Å². The van der Waals surface area contributed by atoms with E-state index in [1.807, 2.05) is 6.07 Å². The van der Waals surface area contributed by atoms with Crippen molar-refractivity contribution in [3.05, 3.63) is 0 Å². The molecule has 1 saturated heterocycles. The molecule has 0 bridgehead atoms. The third kappa shape index (κ3) is 2.18. The lowest BCUT2D eigenvalue weighted by Crippen LogP contribution is -2.33. The van der Waals surface area contributed by atoms with E-state index >= 15 is 0 Å². The number of rotatable bonds is 1. The second kappa shape index (κ2) is 3.40. The van der Waals surface area contributed by atoms with Gasteiger partial charge in [-0.15, -0.1) is 0 Å². The lowest BCUT2D eigenvalue weighted by Gasteiger charge is -2.23. The molecule has 0 saturated carbocycles. The molecule has 68 valence electrons. The predicted molar refractivity (Wildman–Crippen MR) is 41.9 cm³/mol. The Hall–Kier alpha value is -0.630. The summed E-state index contributed by atoms with van der Waals surface area (Å²) in [6.07, 6.45) is -0.934. The molecule has 2 atom stereocenters. The molecule has 0 unspecified atom stereocenters. The van der Waals surface area contributed by atoms with E-state index in [0.29, 0.717) is 0 Å². The van der Waals surface area contributed by atoms with Crippen molar-refractivity contribution in [1.82, 2.24) is 0 Å². The van der Waals surface area contributed by atoms with Crippen molar-refractivity contribution in [2.24, 2.45) is 5.92 Å². The van der Waals surface area contributed by atoms with Gasteiger partial charge in [0.15, 0.2) is 9.84 Å². The normalized spacial score (nSPS) is 34.0. The first kappa shape index (κ1) is 9.46. The maximum atomic E-state index is 13.0. The molecule has 12 heavy (non-hydrogen) atoms. The number of nitrogens with zero attached hydrogens (tertiary/aromatic N) is 1. The first-order valence-corrected chi connectivity index (χ1v) is 5.59. The summed E-state index contributed by atoms with van der Waals surface area (Å²) in [5, 5.41) is 8.30. The van der Waals surface area contributed by atoms with E-state index in [1.54, 1.807) is 0 Å². The maximum absolute atomic E-state index is 13.0. The zero-order valence-electron chi connectivity index (χ0n) is 6.53. The largest absolute Gasteiger partial charge is 0.246 e. The fraction of sp³-hybridized carbons (Fsp3) is 0.857. The maximum Gasteiger partial charge on any atom is 0.153 e. The van der Waals surface area contributed by atoms with E-state index in [2.05, 4.69) is 0 Å². The molecule has 0 N–H and O–H groups in total. The lowest BCUT2D eigenvalue weighted by molar-refractivity contribution is 0.239.